The van der Waals surface area contributed by atoms with Crippen LogP contribution in [0.15, 0.2) is 49.1 Å². The van der Waals surface area contributed by atoms with Gasteiger partial charge in [-0.1, -0.05) is 13.3 Å². The molecule has 0 spiro atoms. The van der Waals surface area contributed by atoms with Gasteiger partial charge in [0.1, 0.15) is 11.3 Å². The first kappa shape index (κ1) is 17.8. The second-order valence-corrected chi connectivity index (χ2v) is 8.49. The highest BCUT2D eigenvalue weighted by molar-refractivity contribution is 5.86. The van der Waals surface area contributed by atoms with Crippen molar-refractivity contribution in [2.75, 3.05) is 0 Å². The molecule has 4 aromatic heterocycles. The van der Waals surface area contributed by atoms with Gasteiger partial charge in [-0.15, -0.1) is 0 Å². The fourth-order valence-electron chi connectivity index (χ4n) is 3.84. The molecule has 0 aliphatic carbocycles. The third-order valence-corrected chi connectivity index (χ3v) is 5.32. The van der Waals surface area contributed by atoms with E-state index in [1.165, 1.54) is 18.2 Å². The molecule has 4 heteroatoms. The van der Waals surface area contributed by atoms with E-state index in [9.17, 15) is 0 Å². The van der Waals surface area contributed by atoms with Crippen LogP contribution in [0.5, 0.6) is 0 Å². The minimum atomic E-state index is 0.0226. The average molecular weight is 361 g/mol. The molecule has 0 saturated heterocycles. The molecule has 4 rings (SSSR count). The maximum absolute atomic E-state index is 4.78. The van der Waals surface area contributed by atoms with Crippen molar-refractivity contribution in [1.29, 1.82) is 0 Å². The summed E-state index contributed by atoms with van der Waals surface area (Å²) in [4.78, 5) is 9.53. The number of nitrogens with zero attached hydrogens (tertiary/aromatic N) is 4. The Bertz CT molecular complexity index is 1090. The standard InChI is InChI=1S/C23H28N4/c1-6-7-16(2)26-10-8-17-12-19(14-24-21(17)26)20-13-18-9-11-27(23(3,4)5)22(18)25-15-20/h8-16H,6-7H2,1-5H3. The largest absolute Gasteiger partial charge is 0.330 e. The summed E-state index contributed by atoms with van der Waals surface area (Å²) in [6.45, 7) is 11.1. The molecule has 4 aromatic rings. The quantitative estimate of drug-likeness (QED) is 0.436. The van der Waals surface area contributed by atoms with Crippen LogP contribution in [0.3, 0.4) is 0 Å². The van der Waals surface area contributed by atoms with Crippen LogP contribution < -0.4 is 0 Å². The lowest BCUT2D eigenvalue weighted by atomic mass is 10.1. The first-order chi connectivity index (χ1) is 12.9. The van der Waals surface area contributed by atoms with Gasteiger partial charge in [0.25, 0.3) is 0 Å². The minimum Gasteiger partial charge on any atom is -0.330 e. The summed E-state index contributed by atoms with van der Waals surface area (Å²) in [6.07, 6.45) is 10.6. The topological polar surface area (TPSA) is 35.6 Å². The smallest absolute Gasteiger partial charge is 0.140 e. The number of aromatic nitrogens is 4. The molecular weight excluding hydrogens is 332 g/mol. The van der Waals surface area contributed by atoms with Crippen LogP contribution in [0.2, 0.25) is 0 Å². The van der Waals surface area contributed by atoms with Crippen LogP contribution in [0.25, 0.3) is 33.2 Å². The molecule has 0 radical (unpaired) electrons. The van der Waals surface area contributed by atoms with Crippen LogP contribution in [0.1, 0.15) is 53.5 Å². The summed E-state index contributed by atoms with van der Waals surface area (Å²) in [5, 5.41) is 2.35. The van der Waals surface area contributed by atoms with E-state index in [2.05, 4.69) is 80.4 Å². The minimum absolute atomic E-state index is 0.0226. The predicted molar refractivity (Wildman–Crippen MR) is 113 cm³/mol. The van der Waals surface area contributed by atoms with Gasteiger partial charge in [-0.25, -0.2) is 9.97 Å². The van der Waals surface area contributed by atoms with Crippen molar-refractivity contribution in [3.05, 3.63) is 49.1 Å². The fourth-order valence-corrected chi connectivity index (χ4v) is 3.84. The summed E-state index contributed by atoms with van der Waals surface area (Å²) < 4.78 is 4.51. The van der Waals surface area contributed by atoms with Gasteiger partial charge >= 0.3 is 0 Å². The van der Waals surface area contributed by atoms with Crippen LogP contribution in [0, 0.1) is 0 Å². The van der Waals surface area contributed by atoms with Crippen molar-refractivity contribution in [3.8, 4) is 11.1 Å². The molecule has 0 N–H and O–H groups in total. The number of fused-ring (bicyclic) bond motifs is 2. The molecule has 140 valence electrons. The lowest BCUT2D eigenvalue weighted by Crippen LogP contribution is -2.20. The third-order valence-electron chi connectivity index (χ3n) is 5.32. The van der Waals surface area contributed by atoms with Crippen molar-refractivity contribution in [2.45, 2.75) is 59.0 Å². The van der Waals surface area contributed by atoms with Crippen LogP contribution in [-0.2, 0) is 5.54 Å². The summed E-state index contributed by atoms with van der Waals surface area (Å²) in [5.74, 6) is 0. The highest BCUT2D eigenvalue weighted by atomic mass is 15.1. The SMILES string of the molecule is CCCC(C)n1ccc2cc(-c3cnc4c(ccn4C(C)(C)C)c3)cnc21. The van der Waals surface area contributed by atoms with Gasteiger partial charge in [0, 0.05) is 58.3 Å². The molecule has 0 aliphatic heterocycles. The summed E-state index contributed by atoms with van der Waals surface area (Å²) in [7, 11) is 0. The Morgan fingerprint density at radius 2 is 1.52 bits per heavy atom. The number of hydrogen-bond acceptors (Lipinski definition) is 2. The Morgan fingerprint density at radius 3 is 2.15 bits per heavy atom. The molecule has 0 aromatic carbocycles. The number of rotatable bonds is 4. The molecule has 27 heavy (non-hydrogen) atoms. The van der Waals surface area contributed by atoms with Gasteiger partial charge in [-0.3, -0.25) is 0 Å². The zero-order valence-corrected chi connectivity index (χ0v) is 16.9. The average Bonchev–Trinajstić information content (AvgIpc) is 3.24. The van der Waals surface area contributed by atoms with Gasteiger partial charge < -0.3 is 9.13 Å². The maximum atomic E-state index is 4.78. The fraction of sp³-hybridized carbons (Fsp3) is 0.391. The molecule has 1 unspecified atom stereocenters. The van der Waals surface area contributed by atoms with E-state index < -0.39 is 0 Å². The van der Waals surface area contributed by atoms with Gasteiger partial charge in [0.05, 0.1) is 0 Å². The van der Waals surface area contributed by atoms with E-state index in [0.717, 1.165) is 27.8 Å². The van der Waals surface area contributed by atoms with Gasteiger partial charge in [0.2, 0.25) is 0 Å². The molecule has 0 fully saturated rings. The summed E-state index contributed by atoms with van der Waals surface area (Å²) in [6, 6.07) is 9.22. The van der Waals surface area contributed by atoms with Crippen molar-refractivity contribution >= 4 is 22.1 Å². The van der Waals surface area contributed by atoms with E-state index in [1.54, 1.807) is 0 Å². The predicted octanol–water partition coefficient (Wildman–Crippen LogP) is 6.17. The zero-order valence-electron chi connectivity index (χ0n) is 16.9. The Labute approximate surface area is 160 Å². The first-order valence-corrected chi connectivity index (χ1v) is 9.83. The molecule has 0 aliphatic rings. The van der Waals surface area contributed by atoms with E-state index >= 15 is 0 Å². The van der Waals surface area contributed by atoms with Crippen LogP contribution >= 0.6 is 0 Å². The van der Waals surface area contributed by atoms with Crippen molar-refractivity contribution < 1.29 is 0 Å². The number of hydrogen-bond donors (Lipinski definition) is 0. The molecule has 0 saturated carbocycles. The van der Waals surface area contributed by atoms with Crippen molar-refractivity contribution in [2.24, 2.45) is 0 Å². The molecule has 4 nitrogen and oxygen atoms in total. The molecular formula is C23H28N4. The van der Waals surface area contributed by atoms with Gasteiger partial charge in [-0.2, -0.15) is 0 Å². The van der Waals surface area contributed by atoms with Gasteiger partial charge in [-0.05, 0) is 58.4 Å². The van der Waals surface area contributed by atoms with Crippen LogP contribution in [0.4, 0.5) is 0 Å². The highest BCUT2D eigenvalue weighted by Gasteiger charge is 2.16. The Kier molecular flexibility index (Phi) is 4.29. The van der Waals surface area contributed by atoms with E-state index in [0.29, 0.717) is 6.04 Å². The maximum Gasteiger partial charge on any atom is 0.140 e. The second-order valence-electron chi connectivity index (χ2n) is 8.49. The molecule has 0 amide bonds. The van der Waals surface area contributed by atoms with Gasteiger partial charge in [0.15, 0.2) is 0 Å². The molecule has 4 heterocycles. The lowest BCUT2D eigenvalue weighted by Gasteiger charge is -2.21. The highest BCUT2D eigenvalue weighted by Crippen LogP contribution is 2.29. The first-order valence-electron chi connectivity index (χ1n) is 9.83. The van der Waals surface area contributed by atoms with E-state index in [1.807, 2.05) is 12.4 Å². The molecule has 0 bridgehead atoms. The number of pyridine rings is 2. The van der Waals surface area contributed by atoms with Crippen molar-refractivity contribution in [1.82, 2.24) is 19.1 Å². The summed E-state index contributed by atoms with van der Waals surface area (Å²) >= 11 is 0. The Hall–Kier alpha value is -2.62. The summed E-state index contributed by atoms with van der Waals surface area (Å²) in [5.41, 5.74) is 4.33. The second kappa shape index (κ2) is 6.52. The van der Waals surface area contributed by atoms with Crippen molar-refractivity contribution in [3.63, 3.8) is 0 Å². The normalized spacial score (nSPS) is 13.5. The van der Waals surface area contributed by atoms with E-state index in [-0.39, 0.29) is 5.54 Å². The van der Waals surface area contributed by atoms with E-state index in [4.69, 9.17) is 9.97 Å². The molecule has 1 atom stereocenters. The third kappa shape index (κ3) is 3.14. The Morgan fingerprint density at radius 1 is 0.926 bits per heavy atom. The van der Waals surface area contributed by atoms with Crippen LogP contribution in [-0.4, -0.2) is 19.1 Å². The Balaban J connectivity index is 1.74. The monoisotopic (exact) mass is 360 g/mol. The lowest BCUT2D eigenvalue weighted by molar-refractivity contribution is 0.408. The zero-order chi connectivity index (χ0) is 19.2.